The highest BCUT2D eigenvalue weighted by molar-refractivity contribution is 5.61. The van der Waals surface area contributed by atoms with Crippen LogP contribution in [0, 0.1) is 0 Å². The number of nitrogens with two attached hydrogens (primary N) is 1. The molecule has 0 saturated heterocycles. The van der Waals surface area contributed by atoms with Crippen LogP contribution in [0.2, 0.25) is 0 Å². The van der Waals surface area contributed by atoms with Crippen molar-refractivity contribution in [3.63, 3.8) is 0 Å². The van der Waals surface area contributed by atoms with Crippen LogP contribution >= 0.6 is 0 Å². The monoisotopic (exact) mass is 234 g/mol. The van der Waals surface area contributed by atoms with Gasteiger partial charge >= 0.3 is 0 Å². The van der Waals surface area contributed by atoms with Crippen molar-refractivity contribution >= 4 is 11.6 Å². The van der Waals surface area contributed by atoms with Gasteiger partial charge in [0.05, 0.1) is 13.4 Å². The molecule has 0 aliphatic carbocycles. The zero-order valence-corrected chi connectivity index (χ0v) is 9.50. The molecule has 0 aromatic carbocycles. The van der Waals surface area contributed by atoms with Gasteiger partial charge in [0.25, 0.3) is 0 Å². The number of hydrogen-bond donors (Lipinski definition) is 2. The van der Waals surface area contributed by atoms with E-state index in [1.165, 1.54) is 13.4 Å². The summed E-state index contributed by atoms with van der Waals surface area (Å²) in [5.74, 6) is 1.39. The van der Waals surface area contributed by atoms with E-state index in [2.05, 4.69) is 20.3 Å². The van der Waals surface area contributed by atoms with Crippen LogP contribution in [-0.4, -0.2) is 33.2 Å². The predicted molar refractivity (Wildman–Crippen MR) is 63.7 cm³/mol. The first-order chi connectivity index (χ1) is 8.31. The molecule has 0 aliphatic heterocycles. The maximum atomic E-state index is 5.67. The van der Waals surface area contributed by atoms with Crippen molar-refractivity contribution in [1.82, 2.24) is 19.5 Å². The third-order valence-electron chi connectivity index (χ3n) is 2.26. The highest BCUT2D eigenvalue weighted by Crippen LogP contribution is 2.25. The number of nitrogens with zero attached hydrogens (tertiary/aromatic N) is 4. The molecule has 7 heteroatoms. The van der Waals surface area contributed by atoms with Crippen molar-refractivity contribution in [2.24, 2.45) is 0 Å². The Hall–Kier alpha value is -2.31. The first-order valence-electron chi connectivity index (χ1n) is 5.15. The average Bonchev–Trinajstić information content (AvgIpc) is 2.82. The standard InChI is InChI=1S/C10H14N6O/c1-17-8-9(11)14-6-15-10(8)13-3-5-16-4-2-12-7-16/h2,4,6-7H,3,5H2,1H3,(H3,11,13,14,15). The molecular formula is C10H14N6O. The highest BCUT2D eigenvalue weighted by Gasteiger charge is 2.08. The van der Waals surface area contributed by atoms with Gasteiger partial charge in [-0.2, -0.15) is 0 Å². The summed E-state index contributed by atoms with van der Waals surface area (Å²) in [6.45, 7) is 1.48. The van der Waals surface area contributed by atoms with E-state index in [1.54, 1.807) is 12.5 Å². The summed E-state index contributed by atoms with van der Waals surface area (Å²) in [6.07, 6.45) is 6.79. The molecule has 7 nitrogen and oxygen atoms in total. The van der Waals surface area contributed by atoms with E-state index >= 15 is 0 Å². The molecule has 2 aromatic heterocycles. The van der Waals surface area contributed by atoms with E-state index in [4.69, 9.17) is 10.5 Å². The van der Waals surface area contributed by atoms with Gasteiger partial charge in [0, 0.05) is 25.5 Å². The Morgan fingerprint density at radius 3 is 3.06 bits per heavy atom. The van der Waals surface area contributed by atoms with Crippen molar-refractivity contribution in [3.8, 4) is 5.75 Å². The summed E-state index contributed by atoms with van der Waals surface area (Å²) in [6, 6.07) is 0. The molecule has 3 N–H and O–H groups in total. The molecule has 0 aliphatic rings. The number of imidazole rings is 1. The topological polar surface area (TPSA) is 90.9 Å². The van der Waals surface area contributed by atoms with Crippen LogP contribution < -0.4 is 15.8 Å². The fourth-order valence-corrected chi connectivity index (χ4v) is 1.44. The molecule has 0 saturated carbocycles. The van der Waals surface area contributed by atoms with Crippen LogP contribution in [-0.2, 0) is 6.54 Å². The molecule has 0 radical (unpaired) electrons. The second-order valence-electron chi connectivity index (χ2n) is 3.37. The Labute approximate surface area is 98.7 Å². The Kier molecular flexibility index (Phi) is 3.39. The number of aromatic nitrogens is 4. The SMILES string of the molecule is COc1c(N)ncnc1NCCn1ccnc1. The van der Waals surface area contributed by atoms with Crippen molar-refractivity contribution in [3.05, 3.63) is 25.0 Å². The second-order valence-corrected chi connectivity index (χ2v) is 3.37. The summed E-state index contributed by atoms with van der Waals surface area (Å²) < 4.78 is 7.09. The fourth-order valence-electron chi connectivity index (χ4n) is 1.44. The average molecular weight is 234 g/mol. The normalized spacial score (nSPS) is 10.2. The van der Waals surface area contributed by atoms with Gasteiger partial charge in [-0.3, -0.25) is 0 Å². The molecule has 2 heterocycles. The molecule has 0 atom stereocenters. The summed E-state index contributed by atoms with van der Waals surface area (Å²) >= 11 is 0. The molecule has 2 aromatic rings. The summed E-state index contributed by atoms with van der Waals surface area (Å²) in [4.78, 5) is 11.9. The number of hydrogen-bond acceptors (Lipinski definition) is 6. The van der Waals surface area contributed by atoms with E-state index in [0.717, 1.165) is 6.54 Å². The van der Waals surface area contributed by atoms with Crippen LogP contribution in [0.15, 0.2) is 25.0 Å². The fraction of sp³-hybridized carbons (Fsp3) is 0.300. The van der Waals surface area contributed by atoms with Crippen molar-refractivity contribution in [1.29, 1.82) is 0 Å². The van der Waals surface area contributed by atoms with Gasteiger partial charge in [-0.15, -0.1) is 0 Å². The van der Waals surface area contributed by atoms with E-state index in [1.807, 2.05) is 10.8 Å². The van der Waals surface area contributed by atoms with Crippen LogP contribution in [0.1, 0.15) is 0 Å². The Bertz CT molecular complexity index is 470. The van der Waals surface area contributed by atoms with Gasteiger partial charge < -0.3 is 20.4 Å². The Balaban J connectivity index is 1.97. The minimum absolute atomic E-state index is 0.327. The lowest BCUT2D eigenvalue weighted by Crippen LogP contribution is -2.12. The maximum Gasteiger partial charge on any atom is 0.203 e. The maximum absolute atomic E-state index is 5.67. The van der Waals surface area contributed by atoms with Crippen LogP contribution in [0.25, 0.3) is 0 Å². The first kappa shape index (κ1) is 11.2. The van der Waals surface area contributed by atoms with Crippen LogP contribution in [0.5, 0.6) is 5.75 Å². The van der Waals surface area contributed by atoms with E-state index in [9.17, 15) is 0 Å². The van der Waals surface area contributed by atoms with Gasteiger partial charge in [0.1, 0.15) is 6.33 Å². The van der Waals surface area contributed by atoms with E-state index in [-0.39, 0.29) is 0 Å². The zero-order chi connectivity index (χ0) is 12.1. The van der Waals surface area contributed by atoms with E-state index in [0.29, 0.717) is 23.9 Å². The number of nitrogen functional groups attached to an aromatic ring is 1. The molecule has 0 spiro atoms. The zero-order valence-electron chi connectivity index (χ0n) is 9.50. The Morgan fingerprint density at radius 2 is 2.35 bits per heavy atom. The summed E-state index contributed by atoms with van der Waals surface area (Å²) in [5, 5.41) is 3.14. The third kappa shape index (κ3) is 2.63. The predicted octanol–water partition coefficient (Wildman–Crippen LogP) is 0.376. The lowest BCUT2D eigenvalue weighted by molar-refractivity contribution is 0.415. The highest BCUT2D eigenvalue weighted by atomic mass is 16.5. The van der Waals surface area contributed by atoms with Crippen LogP contribution in [0.4, 0.5) is 11.6 Å². The molecule has 0 amide bonds. The lowest BCUT2D eigenvalue weighted by atomic mass is 10.4. The van der Waals surface area contributed by atoms with Crippen molar-refractivity contribution in [2.45, 2.75) is 6.54 Å². The van der Waals surface area contributed by atoms with Gasteiger partial charge in [-0.05, 0) is 0 Å². The first-order valence-corrected chi connectivity index (χ1v) is 5.15. The molecule has 2 rings (SSSR count). The molecule has 0 unspecified atom stereocenters. The third-order valence-corrected chi connectivity index (χ3v) is 2.26. The lowest BCUT2D eigenvalue weighted by Gasteiger charge is -2.10. The molecule has 0 fully saturated rings. The van der Waals surface area contributed by atoms with Crippen molar-refractivity contribution in [2.75, 3.05) is 24.7 Å². The second kappa shape index (κ2) is 5.15. The van der Waals surface area contributed by atoms with Gasteiger partial charge in [-0.25, -0.2) is 15.0 Å². The largest absolute Gasteiger partial charge is 0.490 e. The minimum atomic E-state index is 0.327. The summed E-state index contributed by atoms with van der Waals surface area (Å²) in [5.41, 5.74) is 5.67. The summed E-state index contributed by atoms with van der Waals surface area (Å²) in [7, 11) is 1.54. The van der Waals surface area contributed by atoms with E-state index < -0.39 is 0 Å². The number of nitrogens with one attached hydrogen (secondary N) is 1. The minimum Gasteiger partial charge on any atom is -0.490 e. The molecular weight excluding hydrogens is 220 g/mol. The number of ether oxygens (including phenoxy) is 1. The van der Waals surface area contributed by atoms with Gasteiger partial charge in [0.15, 0.2) is 11.6 Å². The number of anilines is 2. The Morgan fingerprint density at radius 1 is 1.47 bits per heavy atom. The quantitative estimate of drug-likeness (QED) is 0.777. The van der Waals surface area contributed by atoms with Crippen molar-refractivity contribution < 1.29 is 4.74 Å². The number of rotatable bonds is 5. The smallest absolute Gasteiger partial charge is 0.203 e. The van der Waals surface area contributed by atoms with Gasteiger partial charge in [0.2, 0.25) is 5.75 Å². The van der Waals surface area contributed by atoms with Crippen LogP contribution in [0.3, 0.4) is 0 Å². The number of methoxy groups -OCH3 is 1. The molecule has 17 heavy (non-hydrogen) atoms. The van der Waals surface area contributed by atoms with Gasteiger partial charge in [-0.1, -0.05) is 0 Å². The molecule has 90 valence electrons. The molecule has 0 bridgehead atoms.